The van der Waals surface area contributed by atoms with Crippen LogP contribution in [-0.4, -0.2) is 35.6 Å². The molecular weight excluding hydrogens is 208 g/mol. The Labute approximate surface area is 108 Å². The van der Waals surface area contributed by atoms with Crippen LogP contribution < -0.4 is 5.32 Å². The van der Waals surface area contributed by atoms with E-state index in [4.69, 9.17) is 0 Å². The quantitative estimate of drug-likeness (QED) is 0.792. The monoisotopic (exact) mass is 240 g/mol. The Hall–Kier alpha value is -0.0800. The minimum absolute atomic E-state index is 0.349. The normalized spacial score (nSPS) is 22.4. The molecule has 0 radical (unpaired) electrons. The van der Waals surface area contributed by atoms with Gasteiger partial charge in [0.15, 0.2) is 0 Å². The first kappa shape index (κ1) is 15.0. The molecule has 0 amide bonds. The summed E-state index contributed by atoms with van der Waals surface area (Å²) in [7, 11) is 0. The third-order valence-electron chi connectivity index (χ3n) is 4.67. The molecule has 0 atom stereocenters. The summed E-state index contributed by atoms with van der Waals surface area (Å²) in [5.41, 5.74) is 0.706. The van der Waals surface area contributed by atoms with Crippen LogP contribution in [-0.2, 0) is 0 Å². The number of nitrogens with one attached hydrogen (secondary N) is 1. The van der Waals surface area contributed by atoms with Gasteiger partial charge in [0, 0.05) is 17.6 Å². The molecule has 1 N–H and O–H groups in total. The Morgan fingerprint density at radius 1 is 1.18 bits per heavy atom. The lowest BCUT2D eigenvalue weighted by Crippen LogP contribution is -2.55. The number of nitrogens with zero attached hydrogens (tertiary/aromatic N) is 1. The van der Waals surface area contributed by atoms with Crippen LogP contribution >= 0.6 is 0 Å². The molecule has 0 aromatic carbocycles. The summed E-state index contributed by atoms with van der Waals surface area (Å²) in [5.74, 6) is 0. The van der Waals surface area contributed by atoms with Gasteiger partial charge < -0.3 is 5.32 Å². The SMILES string of the molecule is CCCC(C)(C)N1CCCNC(CC)(CC)C1. The van der Waals surface area contributed by atoms with E-state index in [1.807, 2.05) is 0 Å². The van der Waals surface area contributed by atoms with Gasteiger partial charge in [-0.1, -0.05) is 27.2 Å². The number of hydrogen-bond acceptors (Lipinski definition) is 2. The molecule has 102 valence electrons. The van der Waals surface area contributed by atoms with E-state index in [0.717, 1.165) is 0 Å². The molecule has 0 aromatic heterocycles. The van der Waals surface area contributed by atoms with Crippen LogP contribution in [0.1, 0.15) is 66.7 Å². The highest BCUT2D eigenvalue weighted by Crippen LogP contribution is 2.27. The fourth-order valence-corrected chi connectivity index (χ4v) is 3.13. The van der Waals surface area contributed by atoms with Crippen molar-refractivity contribution in [3.05, 3.63) is 0 Å². The van der Waals surface area contributed by atoms with E-state index in [0.29, 0.717) is 11.1 Å². The van der Waals surface area contributed by atoms with Gasteiger partial charge in [-0.15, -0.1) is 0 Å². The predicted octanol–water partition coefficient (Wildman–Crippen LogP) is 3.42. The first-order valence-electron chi connectivity index (χ1n) is 7.50. The molecule has 1 saturated heterocycles. The maximum atomic E-state index is 3.80. The highest BCUT2D eigenvalue weighted by Gasteiger charge is 2.35. The van der Waals surface area contributed by atoms with Crippen molar-refractivity contribution in [1.29, 1.82) is 0 Å². The summed E-state index contributed by atoms with van der Waals surface area (Å²) in [4.78, 5) is 2.73. The van der Waals surface area contributed by atoms with Crippen LogP contribution in [0.2, 0.25) is 0 Å². The van der Waals surface area contributed by atoms with E-state index in [-0.39, 0.29) is 0 Å². The van der Waals surface area contributed by atoms with E-state index in [1.54, 1.807) is 0 Å². The van der Waals surface area contributed by atoms with Crippen molar-refractivity contribution in [3.63, 3.8) is 0 Å². The summed E-state index contributed by atoms with van der Waals surface area (Å²) in [5, 5.41) is 3.80. The molecule has 1 heterocycles. The van der Waals surface area contributed by atoms with Gasteiger partial charge in [-0.25, -0.2) is 0 Å². The molecule has 0 bridgehead atoms. The van der Waals surface area contributed by atoms with Crippen molar-refractivity contribution in [3.8, 4) is 0 Å². The van der Waals surface area contributed by atoms with Gasteiger partial charge >= 0.3 is 0 Å². The molecule has 1 rings (SSSR count). The lowest BCUT2D eigenvalue weighted by Gasteiger charge is -2.43. The molecule has 0 saturated carbocycles. The zero-order chi connectivity index (χ0) is 12.9. The third kappa shape index (κ3) is 3.69. The summed E-state index contributed by atoms with van der Waals surface area (Å²) < 4.78 is 0. The van der Waals surface area contributed by atoms with Gasteiger partial charge in [0.2, 0.25) is 0 Å². The molecule has 0 unspecified atom stereocenters. The molecule has 0 aliphatic carbocycles. The van der Waals surface area contributed by atoms with Crippen LogP contribution in [0.15, 0.2) is 0 Å². The lowest BCUT2D eigenvalue weighted by molar-refractivity contribution is 0.0819. The van der Waals surface area contributed by atoms with Crippen molar-refractivity contribution in [2.75, 3.05) is 19.6 Å². The first-order chi connectivity index (χ1) is 7.99. The average Bonchev–Trinajstić information content (AvgIpc) is 2.52. The second kappa shape index (κ2) is 6.19. The van der Waals surface area contributed by atoms with Crippen LogP contribution in [0.3, 0.4) is 0 Å². The maximum absolute atomic E-state index is 3.80. The average molecular weight is 240 g/mol. The van der Waals surface area contributed by atoms with E-state index in [9.17, 15) is 0 Å². The van der Waals surface area contributed by atoms with Gasteiger partial charge in [0.1, 0.15) is 0 Å². The third-order valence-corrected chi connectivity index (χ3v) is 4.67. The fraction of sp³-hybridized carbons (Fsp3) is 1.00. The maximum Gasteiger partial charge on any atom is 0.0303 e. The van der Waals surface area contributed by atoms with E-state index in [2.05, 4.69) is 44.8 Å². The Morgan fingerprint density at radius 3 is 2.35 bits per heavy atom. The van der Waals surface area contributed by atoms with Gasteiger partial charge in [-0.05, 0) is 52.6 Å². The van der Waals surface area contributed by atoms with Crippen molar-refractivity contribution < 1.29 is 0 Å². The number of hydrogen-bond donors (Lipinski definition) is 1. The van der Waals surface area contributed by atoms with Gasteiger partial charge in [-0.2, -0.15) is 0 Å². The van der Waals surface area contributed by atoms with Crippen molar-refractivity contribution in [1.82, 2.24) is 10.2 Å². The predicted molar refractivity (Wildman–Crippen MR) is 76.5 cm³/mol. The second-order valence-electron chi connectivity index (χ2n) is 6.25. The second-order valence-corrected chi connectivity index (χ2v) is 6.25. The van der Waals surface area contributed by atoms with E-state index >= 15 is 0 Å². The largest absolute Gasteiger partial charge is 0.310 e. The van der Waals surface area contributed by atoms with Gasteiger partial charge in [0.05, 0.1) is 0 Å². The molecule has 1 fully saturated rings. The molecular formula is C15H32N2. The molecule has 2 nitrogen and oxygen atoms in total. The summed E-state index contributed by atoms with van der Waals surface area (Å²) in [6, 6.07) is 0. The van der Waals surface area contributed by atoms with Gasteiger partial charge in [0.25, 0.3) is 0 Å². The topological polar surface area (TPSA) is 15.3 Å². The van der Waals surface area contributed by atoms with Crippen molar-refractivity contribution in [2.45, 2.75) is 77.8 Å². The molecule has 2 heteroatoms. The Kier molecular flexibility index (Phi) is 5.46. The Bertz CT molecular complexity index is 219. The van der Waals surface area contributed by atoms with E-state index in [1.165, 1.54) is 51.7 Å². The fourth-order valence-electron chi connectivity index (χ4n) is 3.13. The molecule has 1 aliphatic rings. The lowest BCUT2D eigenvalue weighted by atomic mass is 9.89. The highest BCUT2D eigenvalue weighted by atomic mass is 15.2. The first-order valence-corrected chi connectivity index (χ1v) is 7.50. The van der Waals surface area contributed by atoms with E-state index < -0.39 is 0 Å². The minimum atomic E-state index is 0.349. The highest BCUT2D eigenvalue weighted by molar-refractivity contribution is 4.95. The summed E-state index contributed by atoms with van der Waals surface area (Å²) in [6.07, 6.45) is 6.35. The van der Waals surface area contributed by atoms with Crippen LogP contribution in [0.5, 0.6) is 0 Å². The van der Waals surface area contributed by atoms with Crippen LogP contribution in [0.4, 0.5) is 0 Å². The Balaban J connectivity index is 2.78. The van der Waals surface area contributed by atoms with Gasteiger partial charge in [-0.3, -0.25) is 4.90 Å². The standard InChI is InChI=1S/C15H32N2/c1-6-10-14(4,5)17-12-9-11-16-15(7-2,8-3)13-17/h16H,6-13H2,1-5H3. The zero-order valence-corrected chi connectivity index (χ0v) is 12.6. The van der Waals surface area contributed by atoms with Crippen LogP contribution in [0.25, 0.3) is 0 Å². The molecule has 17 heavy (non-hydrogen) atoms. The summed E-state index contributed by atoms with van der Waals surface area (Å²) in [6.45, 7) is 15.4. The molecule has 0 aromatic rings. The zero-order valence-electron chi connectivity index (χ0n) is 12.6. The molecule has 0 spiro atoms. The minimum Gasteiger partial charge on any atom is -0.310 e. The van der Waals surface area contributed by atoms with Crippen LogP contribution in [0, 0.1) is 0 Å². The van der Waals surface area contributed by atoms with Crippen molar-refractivity contribution in [2.24, 2.45) is 0 Å². The number of rotatable bonds is 5. The van der Waals surface area contributed by atoms with Crippen molar-refractivity contribution >= 4 is 0 Å². The smallest absolute Gasteiger partial charge is 0.0303 e. The molecule has 1 aliphatic heterocycles. The summed E-state index contributed by atoms with van der Waals surface area (Å²) >= 11 is 0. The Morgan fingerprint density at radius 2 is 1.82 bits per heavy atom.